The molecule has 1 unspecified atom stereocenters. The molecular weight excluding hydrogens is 298 g/mol. The molecular formula is C15H19ClF2N2O. The van der Waals surface area contributed by atoms with Crippen molar-refractivity contribution < 1.29 is 13.6 Å². The van der Waals surface area contributed by atoms with Gasteiger partial charge in [-0.05, 0) is 24.3 Å². The van der Waals surface area contributed by atoms with Crippen molar-refractivity contribution in [1.82, 2.24) is 10.6 Å². The second-order valence-corrected chi connectivity index (χ2v) is 5.78. The van der Waals surface area contributed by atoms with Crippen LogP contribution in [0.2, 0.25) is 0 Å². The quantitative estimate of drug-likeness (QED) is 0.899. The summed E-state index contributed by atoms with van der Waals surface area (Å²) in [5, 5.41) is 5.44. The number of alkyl halides is 2. The molecule has 1 heterocycles. The predicted octanol–water partition coefficient (Wildman–Crippen LogP) is 2.47. The van der Waals surface area contributed by atoms with Crippen molar-refractivity contribution in [2.75, 3.05) is 6.54 Å². The Morgan fingerprint density at radius 1 is 1.24 bits per heavy atom. The summed E-state index contributed by atoms with van der Waals surface area (Å²) in [5.74, 6) is -2.58. The van der Waals surface area contributed by atoms with Crippen LogP contribution in [0.3, 0.4) is 0 Å². The van der Waals surface area contributed by atoms with Crippen LogP contribution in [0, 0.1) is 0 Å². The van der Waals surface area contributed by atoms with Crippen LogP contribution in [0.5, 0.6) is 0 Å². The lowest BCUT2D eigenvalue weighted by Crippen LogP contribution is -2.49. The number of amides is 1. The number of rotatable bonds is 3. The van der Waals surface area contributed by atoms with Crippen molar-refractivity contribution in [2.24, 2.45) is 0 Å². The molecule has 1 atom stereocenters. The van der Waals surface area contributed by atoms with Gasteiger partial charge in [0.25, 0.3) is 5.92 Å². The van der Waals surface area contributed by atoms with Crippen molar-refractivity contribution in [1.29, 1.82) is 0 Å². The van der Waals surface area contributed by atoms with E-state index in [9.17, 15) is 13.6 Å². The van der Waals surface area contributed by atoms with Crippen molar-refractivity contribution in [3.8, 4) is 0 Å². The molecule has 116 valence electrons. The third-order valence-electron chi connectivity index (χ3n) is 4.18. The molecule has 2 fully saturated rings. The van der Waals surface area contributed by atoms with Crippen LogP contribution in [-0.4, -0.2) is 30.5 Å². The topological polar surface area (TPSA) is 41.1 Å². The summed E-state index contributed by atoms with van der Waals surface area (Å²) in [6.45, 7) is -0.400. The molecule has 1 aliphatic carbocycles. The maximum Gasteiger partial charge on any atom is 0.262 e. The van der Waals surface area contributed by atoms with E-state index in [1.807, 2.05) is 18.2 Å². The van der Waals surface area contributed by atoms with Crippen LogP contribution in [0.25, 0.3) is 0 Å². The first-order valence-corrected chi connectivity index (χ1v) is 7.00. The lowest BCUT2D eigenvalue weighted by atomic mass is 9.76. The third-order valence-corrected chi connectivity index (χ3v) is 4.18. The third kappa shape index (κ3) is 3.71. The standard InChI is InChI=1S/C15H18F2N2O.ClH/c16-15(17)8-13(18-9-15)14(20)19-12-6-11(7-12)10-4-2-1-3-5-10;/h1-5,11-13,18H,6-9H2,(H,19,20);1H. The summed E-state index contributed by atoms with van der Waals surface area (Å²) < 4.78 is 26.1. The first-order valence-electron chi connectivity index (χ1n) is 7.00. The Balaban J connectivity index is 0.00000161. The number of nitrogens with one attached hydrogen (secondary N) is 2. The van der Waals surface area contributed by atoms with Gasteiger partial charge in [0.1, 0.15) is 0 Å². The number of halogens is 3. The molecule has 1 saturated carbocycles. The molecule has 0 spiro atoms. The first kappa shape index (κ1) is 16.2. The Hall–Kier alpha value is -1.20. The summed E-state index contributed by atoms with van der Waals surface area (Å²) in [4.78, 5) is 11.9. The van der Waals surface area contributed by atoms with E-state index in [1.54, 1.807) is 0 Å². The molecule has 1 aromatic rings. The van der Waals surface area contributed by atoms with Crippen molar-refractivity contribution in [3.05, 3.63) is 35.9 Å². The Morgan fingerprint density at radius 2 is 1.90 bits per heavy atom. The normalized spacial score (nSPS) is 30.1. The minimum Gasteiger partial charge on any atom is -0.352 e. The molecule has 3 nitrogen and oxygen atoms in total. The molecule has 1 aliphatic heterocycles. The van der Waals surface area contributed by atoms with E-state index in [0.29, 0.717) is 5.92 Å². The molecule has 1 amide bonds. The van der Waals surface area contributed by atoms with E-state index in [-0.39, 0.29) is 24.4 Å². The fraction of sp³-hybridized carbons (Fsp3) is 0.533. The van der Waals surface area contributed by atoms with Gasteiger partial charge in [-0.3, -0.25) is 10.1 Å². The van der Waals surface area contributed by atoms with E-state index >= 15 is 0 Å². The zero-order chi connectivity index (χ0) is 14.2. The second-order valence-electron chi connectivity index (χ2n) is 5.78. The highest BCUT2D eigenvalue weighted by Gasteiger charge is 2.43. The SMILES string of the molecule is Cl.O=C(NC1CC(c2ccccc2)C1)C1CC(F)(F)CN1. The van der Waals surface area contributed by atoms with Gasteiger partial charge in [0, 0.05) is 12.5 Å². The lowest BCUT2D eigenvalue weighted by Gasteiger charge is -2.36. The average molecular weight is 317 g/mol. The van der Waals surface area contributed by atoms with E-state index in [2.05, 4.69) is 22.8 Å². The smallest absolute Gasteiger partial charge is 0.262 e. The number of carbonyl (C=O) groups excluding carboxylic acids is 1. The monoisotopic (exact) mass is 316 g/mol. The van der Waals surface area contributed by atoms with Gasteiger partial charge in [0.15, 0.2) is 0 Å². The maximum atomic E-state index is 13.0. The van der Waals surface area contributed by atoms with Crippen molar-refractivity contribution in [2.45, 2.75) is 43.2 Å². The van der Waals surface area contributed by atoms with E-state index in [1.165, 1.54) is 5.56 Å². The largest absolute Gasteiger partial charge is 0.352 e. The molecule has 1 saturated heterocycles. The van der Waals surface area contributed by atoms with Crippen LogP contribution < -0.4 is 10.6 Å². The minimum absolute atomic E-state index is 0. The summed E-state index contributed by atoms with van der Waals surface area (Å²) in [6, 6.07) is 9.53. The fourth-order valence-corrected chi connectivity index (χ4v) is 2.94. The van der Waals surface area contributed by atoms with Gasteiger partial charge in [-0.2, -0.15) is 0 Å². The molecule has 21 heavy (non-hydrogen) atoms. The minimum atomic E-state index is -2.76. The molecule has 1 aromatic carbocycles. The highest BCUT2D eigenvalue weighted by atomic mass is 35.5. The zero-order valence-corrected chi connectivity index (χ0v) is 12.3. The molecule has 0 bridgehead atoms. The van der Waals surface area contributed by atoms with Crippen molar-refractivity contribution in [3.63, 3.8) is 0 Å². The van der Waals surface area contributed by atoms with Crippen LogP contribution in [0.1, 0.15) is 30.7 Å². The molecule has 0 aromatic heterocycles. The van der Waals surface area contributed by atoms with Crippen LogP contribution in [0.15, 0.2) is 30.3 Å². The second kappa shape index (κ2) is 6.28. The number of hydrogen-bond acceptors (Lipinski definition) is 2. The molecule has 2 aliphatic rings. The number of benzene rings is 1. The molecule has 2 N–H and O–H groups in total. The zero-order valence-electron chi connectivity index (χ0n) is 11.5. The summed E-state index contributed by atoms with van der Waals surface area (Å²) in [7, 11) is 0. The molecule has 3 rings (SSSR count). The van der Waals surface area contributed by atoms with Crippen LogP contribution in [0.4, 0.5) is 8.78 Å². The Labute approximate surface area is 128 Å². The van der Waals surface area contributed by atoms with Gasteiger partial charge in [0.05, 0.1) is 12.6 Å². The van der Waals surface area contributed by atoms with Gasteiger partial charge in [-0.1, -0.05) is 30.3 Å². The lowest BCUT2D eigenvalue weighted by molar-refractivity contribution is -0.124. The molecule has 0 radical (unpaired) electrons. The predicted molar refractivity (Wildman–Crippen MR) is 79.0 cm³/mol. The highest BCUT2D eigenvalue weighted by molar-refractivity contribution is 5.85. The van der Waals surface area contributed by atoms with Crippen LogP contribution >= 0.6 is 12.4 Å². The van der Waals surface area contributed by atoms with Gasteiger partial charge in [0.2, 0.25) is 5.91 Å². The van der Waals surface area contributed by atoms with Gasteiger partial charge in [-0.25, -0.2) is 8.78 Å². The first-order chi connectivity index (χ1) is 9.53. The van der Waals surface area contributed by atoms with E-state index < -0.39 is 24.9 Å². The van der Waals surface area contributed by atoms with E-state index in [0.717, 1.165) is 12.8 Å². The number of hydrogen-bond donors (Lipinski definition) is 2. The Morgan fingerprint density at radius 3 is 2.48 bits per heavy atom. The fourth-order valence-electron chi connectivity index (χ4n) is 2.94. The van der Waals surface area contributed by atoms with Crippen LogP contribution in [-0.2, 0) is 4.79 Å². The van der Waals surface area contributed by atoms with Gasteiger partial charge < -0.3 is 5.32 Å². The maximum absolute atomic E-state index is 13.0. The number of carbonyl (C=O) groups is 1. The Kier molecular flexibility index (Phi) is 4.84. The summed E-state index contributed by atoms with van der Waals surface area (Å²) in [5.41, 5.74) is 1.28. The van der Waals surface area contributed by atoms with Gasteiger partial charge in [-0.15, -0.1) is 12.4 Å². The average Bonchev–Trinajstić information content (AvgIpc) is 2.74. The summed E-state index contributed by atoms with van der Waals surface area (Å²) in [6.07, 6.45) is 1.38. The Bertz CT molecular complexity index is 492. The highest BCUT2D eigenvalue weighted by Crippen LogP contribution is 2.37. The molecule has 6 heteroatoms. The van der Waals surface area contributed by atoms with Crippen molar-refractivity contribution >= 4 is 18.3 Å². The van der Waals surface area contributed by atoms with Gasteiger partial charge >= 0.3 is 0 Å². The summed E-state index contributed by atoms with van der Waals surface area (Å²) >= 11 is 0. The van der Waals surface area contributed by atoms with E-state index in [4.69, 9.17) is 0 Å².